The number of H-pyrrole nitrogens is 1. The van der Waals surface area contributed by atoms with E-state index in [0.717, 1.165) is 11.8 Å². The Kier molecular flexibility index (Phi) is 7.49. The van der Waals surface area contributed by atoms with Crippen LogP contribution in [0.4, 0.5) is 0 Å². The summed E-state index contributed by atoms with van der Waals surface area (Å²) in [5, 5.41) is 17.4. The molecule has 0 aliphatic rings. The van der Waals surface area contributed by atoms with Crippen molar-refractivity contribution in [3.63, 3.8) is 0 Å². The van der Waals surface area contributed by atoms with E-state index >= 15 is 0 Å². The number of carboxylic acid groups (broad SMARTS) is 1. The van der Waals surface area contributed by atoms with Crippen LogP contribution in [-0.4, -0.2) is 54.7 Å². The van der Waals surface area contributed by atoms with Crippen LogP contribution in [0.3, 0.4) is 0 Å². The first-order valence-electron chi connectivity index (χ1n) is 9.09. The summed E-state index contributed by atoms with van der Waals surface area (Å²) < 4.78 is 21.3. The second-order valence-corrected chi connectivity index (χ2v) is 7.62. The van der Waals surface area contributed by atoms with Gasteiger partial charge in [-0.15, -0.1) is 5.10 Å². The minimum atomic E-state index is -1.17. The maximum absolute atomic E-state index is 12.0. The molecular weight excluding hydrogens is 458 g/mol. The summed E-state index contributed by atoms with van der Waals surface area (Å²) in [6.07, 6.45) is 1.43. The van der Waals surface area contributed by atoms with Gasteiger partial charge in [-0.2, -0.15) is 0 Å². The Bertz CT molecular complexity index is 1140. The average molecular weight is 478 g/mol. The molecule has 0 aliphatic heterocycles. The third kappa shape index (κ3) is 5.09. The molecule has 3 aromatic rings. The van der Waals surface area contributed by atoms with Gasteiger partial charge in [-0.05, 0) is 36.0 Å². The number of nitrogens with zero attached hydrogens (tertiary/aromatic N) is 2. The van der Waals surface area contributed by atoms with E-state index in [1.165, 1.54) is 34.5 Å². The van der Waals surface area contributed by atoms with Crippen molar-refractivity contribution >= 4 is 35.4 Å². The van der Waals surface area contributed by atoms with E-state index in [1.54, 1.807) is 30.3 Å². The lowest BCUT2D eigenvalue weighted by Gasteiger charge is -2.13. The van der Waals surface area contributed by atoms with Crippen LogP contribution < -0.4 is 18.9 Å². The summed E-state index contributed by atoms with van der Waals surface area (Å²) in [5.41, 5.74) is 1.03. The fraction of sp³-hybridized carbons (Fsp3) is 0.190. The van der Waals surface area contributed by atoms with Crippen LogP contribution in [0.1, 0.15) is 5.56 Å². The minimum Gasteiger partial charge on any atom is -0.496 e. The summed E-state index contributed by atoms with van der Waals surface area (Å²) in [5.74, 6) is 1.05. The monoisotopic (exact) mass is 477 g/mol. The summed E-state index contributed by atoms with van der Waals surface area (Å²) in [4.78, 5) is 16.3. The molecule has 0 fully saturated rings. The largest absolute Gasteiger partial charge is 0.496 e. The number of aromatic amines is 1. The van der Waals surface area contributed by atoms with Crippen LogP contribution in [0.2, 0.25) is 5.02 Å². The zero-order valence-corrected chi connectivity index (χ0v) is 19.2. The maximum Gasteiger partial charge on any atom is 0.342 e. The van der Waals surface area contributed by atoms with Crippen molar-refractivity contribution < 1.29 is 28.8 Å². The molecule has 168 valence electrons. The Balaban J connectivity index is 1.99. The number of hydrogen-bond acceptors (Lipinski definition) is 8. The number of aromatic nitrogens is 3. The lowest BCUT2D eigenvalue weighted by molar-refractivity contribution is -0.131. The van der Waals surface area contributed by atoms with Crippen LogP contribution in [0.15, 0.2) is 40.4 Å². The Morgan fingerprint density at radius 1 is 1.03 bits per heavy atom. The van der Waals surface area contributed by atoms with Crippen LogP contribution >= 0.6 is 23.4 Å². The molecule has 2 N–H and O–H groups in total. The highest BCUT2D eigenvalue weighted by Crippen LogP contribution is 2.38. The van der Waals surface area contributed by atoms with Crippen molar-refractivity contribution in [1.29, 1.82) is 0 Å². The Morgan fingerprint density at radius 3 is 2.25 bits per heavy atom. The highest BCUT2D eigenvalue weighted by atomic mass is 35.5. The highest BCUT2D eigenvalue weighted by molar-refractivity contribution is 8.04. The molecule has 9 nitrogen and oxygen atoms in total. The van der Waals surface area contributed by atoms with Crippen molar-refractivity contribution in [2.45, 2.75) is 5.16 Å². The molecule has 0 bridgehead atoms. The van der Waals surface area contributed by atoms with E-state index in [1.807, 2.05) is 0 Å². The van der Waals surface area contributed by atoms with Crippen molar-refractivity contribution in [2.75, 3.05) is 28.4 Å². The topological polar surface area (TPSA) is 116 Å². The van der Waals surface area contributed by atoms with Gasteiger partial charge in [-0.25, -0.2) is 9.78 Å². The summed E-state index contributed by atoms with van der Waals surface area (Å²) in [7, 11) is 5.98. The van der Waals surface area contributed by atoms with Crippen molar-refractivity contribution in [3.8, 4) is 34.4 Å². The molecule has 0 saturated carbocycles. The molecule has 3 rings (SSSR count). The lowest BCUT2D eigenvalue weighted by atomic mass is 10.1. The van der Waals surface area contributed by atoms with Gasteiger partial charge >= 0.3 is 5.97 Å². The number of hydrogen-bond donors (Lipinski definition) is 2. The summed E-state index contributed by atoms with van der Waals surface area (Å²) in [6, 6.07) is 8.34. The Morgan fingerprint density at radius 2 is 1.69 bits per heavy atom. The molecule has 11 heteroatoms. The molecule has 0 atom stereocenters. The van der Waals surface area contributed by atoms with E-state index in [-0.39, 0.29) is 10.1 Å². The van der Waals surface area contributed by atoms with E-state index in [0.29, 0.717) is 45.0 Å². The molecule has 0 unspecified atom stereocenters. The molecule has 2 aromatic carbocycles. The van der Waals surface area contributed by atoms with E-state index in [9.17, 15) is 9.90 Å². The second kappa shape index (κ2) is 10.3. The Labute approximate surface area is 193 Å². The number of ether oxygens (including phenoxy) is 4. The van der Waals surface area contributed by atoms with Crippen LogP contribution in [0, 0.1) is 0 Å². The van der Waals surface area contributed by atoms with Crippen LogP contribution in [0.5, 0.6) is 23.0 Å². The van der Waals surface area contributed by atoms with Gasteiger partial charge in [0.2, 0.25) is 5.16 Å². The van der Waals surface area contributed by atoms with E-state index in [2.05, 4.69) is 15.2 Å². The number of nitrogens with one attached hydrogen (secondary N) is 1. The second-order valence-electron chi connectivity index (χ2n) is 6.17. The molecule has 0 aliphatic carbocycles. The zero-order chi connectivity index (χ0) is 23.3. The molecule has 0 saturated heterocycles. The van der Waals surface area contributed by atoms with E-state index < -0.39 is 5.97 Å². The number of carbonyl (C=O) groups is 1. The highest BCUT2D eigenvalue weighted by Gasteiger charge is 2.19. The summed E-state index contributed by atoms with van der Waals surface area (Å²) in [6.45, 7) is 0. The number of methoxy groups -OCH3 is 4. The number of aliphatic carboxylic acids is 1. The number of thioether (sulfide) groups is 1. The predicted molar refractivity (Wildman–Crippen MR) is 121 cm³/mol. The van der Waals surface area contributed by atoms with Crippen molar-refractivity contribution in [1.82, 2.24) is 15.2 Å². The fourth-order valence-electron chi connectivity index (χ4n) is 2.82. The van der Waals surface area contributed by atoms with Gasteiger partial charge in [0.05, 0.1) is 39.6 Å². The van der Waals surface area contributed by atoms with Gasteiger partial charge in [0, 0.05) is 17.2 Å². The van der Waals surface area contributed by atoms with Crippen molar-refractivity contribution in [2.24, 2.45) is 0 Å². The quantitative estimate of drug-likeness (QED) is 0.342. The molecule has 1 aromatic heterocycles. The third-order valence-electron chi connectivity index (χ3n) is 4.32. The molecular formula is C21H20ClN3O6S. The number of halogens is 1. The Hall–Kier alpha value is -3.37. The number of carboxylic acids is 1. The van der Waals surface area contributed by atoms with Gasteiger partial charge in [0.15, 0.2) is 5.82 Å². The van der Waals surface area contributed by atoms with Gasteiger partial charge in [-0.1, -0.05) is 11.6 Å². The molecule has 0 amide bonds. The van der Waals surface area contributed by atoms with Gasteiger partial charge in [0.1, 0.15) is 27.9 Å². The lowest BCUT2D eigenvalue weighted by Crippen LogP contribution is -2.00. The normalized spacial score (nSPS) is 11.2. The van der Waals surface area contributed by atoms with Crippen LogP contribution in [0.25, 0.3) is 17.5 Å². The number of benzene rings is 2. The SMILES string of the molecule is COc1cc(OC)c(/C=C(\Sc2n[nH]c(-c3cc(Cl)ccc3OC)n2)C(=O)O)c(OC)c1. The molecule has 1 heterocycles. The third-order valence-corrected chi connectivity index (χ3v) is 5.43. The van der Waals surface area contributed by atoms with Gasteiger partial charge in [0.25, 0.3) is 0 Å². The smallest absolute Gasteiger partial charge is 0.342 e. The standard InChI is InChI=1S/C21H20ClN3O6S/c1-28-12-8-16(30-3)13(17(9-12)31-4)10-18(20(26)27)32-21-23-19(24-25-21)14-7-11(22)5-6-15(14)29-2/h5-10H,1-4H3,(H,26,27)(H,23,24,25)/b18-10-. The zero-order valence-electron chi connectivity index (χ0n) is 17.6. The first-order chi connectivity index (χ1) is 15.4. The fourth-order valence-corrected chi connectivity index (χ4v) is 3.68. The maximum atomic E-state index is 12.0. The average Bonchev–Trinajstić information content (AvgIpc) is 3.26. The van der Waals surface area contributed by atoms with Crippen LogP contribution in [-0.2, 0) is 4.79 Å². The van der Waals surface area contributed by atoms with Gasteiger partial charge in [-0.3, -0.25) is 5.10 Å². The molecule has 32 heavy (non-hydrogen) atoms. The molecule has 0 spiro atoms. The van der Waals surface area contributed by atoms with E-state index in [4.69, 9.17) is 30.5 Å². The first kappa shape index (κ1) is 23.3. The molecule has 0 radical (unpaired) electrons. The van der Waals surface area contributed by atoms with Crippen molar-refractivity contribution in [3.05, 3.63) is 45.8 Å². The summed E-state index contributed by atoms with van der Waals surface area (Å²) >= 11 is 6.95. The van der Waals surface area contributed by atoms with Gasteiger partial charge < -0.3 is 24.1 Å². The number of rotatable bonds is 9. The minimum absolute atomic E-state index is 0.0459. The first-order valence-corrected chi connectivity index (χ1v) is 10.3. The predicted octanol–water partition coefficient (Wildman–Crippen LogP) is 4.38.